The number of hydrogen-bond donors (Lipinski definition) is 2. The van der Waals surface area contributed by atoms with Crippen LogP contribution in [0.1, 0.15) is 36.2 Å². The van der Waals surface area contributed by atoms with Crippen molar-refractivity contribution in [3.05, 3.63) is 47.1 Å². The zero-order valence-electron chi connectivity index (χ0n) is 14.2. The molecule has 140 valence electrons. The number of benzene rings is 1. The van der Waals surface area contributed by atoms with E-state index < -0.39 is 0 Å². The van der Waals surface area contributed by atoms with Crippen LogP contribution in [-0.4, -0.2) is 28.7 Å². The molecule has 1 saturated carbocycles. The van der Waals surface area contributed by atoms with Crippen LogP contribution in [-0.2, 0) is 0 Å². The minimum absolute atomic E-state index is 0. The molecule has 0 spiro atoms. The van der Waals surface area contributed by atoms with Crippen LogP contribution < -0.4 is 11.1 Å². The average Bonchev–Trinajstić information content (AvgIpc) is 2.64. The van der Waals surface area contributed by atoms with Gasteiger partial charge >= 0.3 is 0 Å². The normalized spacial score (nSPS) is 19.5. The molecule has 1 aliphatic carbocycles. The molecule has 0 radical (unpaired) electrons. The van der Waals surface area contributed by atoms with Crippen LogP contribution in [0, 0.1) is 5.92 Å². The quantitative estimate of drug-likeness (QED) is 0.776. The van der Waals surface area contributed by atoms with Gasteiger partial charge in [0.25, 0.3) is 5.91 Å². The Kier molecular flexibility index (Phi) is 8.15. The lowest BCUT2D eigenvalue weighted by molar-refractivity contribution is 0.0901. The average molecular weight is 413 g/mol. The minimum atomic E-state index is -0.188. The summed E-state index contributed by atoms with van der Waals surface area (Å²) >= 11 is 7.57. The fourth-order valence-corrected chi connectivity index (χ4v) is 4.06. The lowest BCUT2D eigenvalue weighted by Gasteiger charge is -2.31. The summed E-state index contributed by atoms with van der Waals surface area (Å²) in [5.74, 6) is 0.160. The molecular formula is C18H22Cl2N4OS. The Morgan fingerprint density at radius 2 is 1.96 bits per heavy atom. The number of nitrogens with zero attached hydrogens (tertiary/aromatic N) is 2. The molecule has 2 atom stereocenters. The highest BCUT2D eigenvalue weighted by molar-refractivity contribution is 7.99. The Labute approximate surface area is 168 Å². The molecule has 1 heterocycles. The maximum Gasteiger partial charge on any atom is 0.272 e. The molecule has 2 unspecified atom stereocenters. The number of rotatable bonds is 5. The fraction of sp³-hybridized carbons (Fsp3) is 0.389. The topological polar surface area (TPSA) is 80.9 Å². The number of hydrogen-bond acceptors (Lipinski definition) is 5. The summed E-state index contributed by atoms with van der Waals surface area (Å²) in [6, 6.07) is 11.2. The number of amides is 1. The summed E-state index contributed by atoms with van der Waals surface area (Å²) in [5.41, 5.74) is 6.14. The van der Waals surface area contributed by atoms with Crippen molar-refractivity contribution in [1.29, 1.82) is 0 Å². The molecule has 1 aromatic heterocycles. The molecule has 5 nitrogen and oxygen atoms in total. The van der Waals surface area contributed by atoms with Gasteiger partial charge in [-0.05, 0) is 49.6 Å². The second-order valence-corrected chi connectivity index (χ2v) is 7.62. The Hall–Kier alpha value is -1.34. The third-order valence-electron chi connectivity index (χ3n) is 4.45. The van der Waals surface area contributed by atoms with Gasteiger partial charge in [0.15, 0.2) is 5.69 Å². The summed E-state index contributed by atoms with van der Waals surface area (Å²) in [4.78, 5) is 13.3. The van der Waals surface area contributed by atoms with Gasteiger partial charge in [0.05, 0.1) is 5.02 Å². The molecule has 1 aromatic carbocycles. The van der Waals surface area contributed by atoms with E-state index in [-0.39, 0.29) is 24.4 Å². The molecule has 8 heteroatoms. The largest absolute Gasteiger partial charge is 0.348 e. The van der Waals surface area contributed by atoms with Gasteiger partial charge in [-0.1, -0.05) is 48.3 Å². The standard InChI is InChI=1S/C18H21ClN4OS.ClH/c19-13-6-2-4-8-16(13)25-17-10-9-15(22-23-17)18(24)21-14-7-3-1-5-12(14)11-20;/h2,4,6,8-10,12,14H,1,3,5,7,11,20H2,(H,21,24);1H. The number of carbonyl (C=O) groups excluding carboxylic acids is 1. The molecule has 3 rings (SSSR count). The number of aromatic nitrogens is 2. The summed E-state index contributed by atoms with van der Waals surface area (Å²) < 4.78 is 0. The first kappa shape index (κ1) is 21.0. The van der Waals surface area contributed by atoms with Crippen LogP contribution in [0.2, 0.25) is 5.02 Å². The Bertz CT molecular complexity index is 729. The number of nitrogens with two attached hydrogens (primary N) is 1. The summed E-state index contributed by atoms with van der Waals surface area (Å²) in [6.07, 6.45) is 4.35. The predicted molar refractivity (Wildman–Crippen MR) is 107 cm³/mol. The molecule has 2 aromatic rings. The summed E-state index contributed by atoms with van der Waals surface area (Å²) in [5, 5.41) is 12.6. The molecule has 3 N–H and O–H groups in total. The van der Waals surface area contributed by atoms with Crippen LogP contribution in [0.5, 0.6) is 0 Å². The van der Waals surface area contributed by atoms with E-state index in [0.29, 0.717) is 28.2 Å². The maximum absolute atomic E-state index is 12.4. The van der Waals surface area contributed by atoms with Gasteiger partial charge in [0.1, 0.15) is 5.03 Å². The number of nitrogens with one attached hydrogen (secondary N) is 1. The van der Waals surface area contributed by atoms with Crippen molar-refractivity contribution in [1.82, 2.24) is 15.5 Å². The van der Waals surface area contributed by atoms with E-state index >= 15 is 0 Å². The van der Waals surface area contributed by atoms with Crippen LogP contribution in [0.15, 0.2) is 46.3 Å². The van der Waals surface area contributed by atoms with E-state index in [9.17, 15) is 4.79 Å². The van der Waals surface area contributed by atoms with Gasteiger partial charge in [-0.3, -0.25) is 4.79 Å². The van der Waals surface area contributed by atoms with E-state index in [1.807, 2.05) is 24.3 Å². The minimum Gasteiger partial charge on any atom is -0.348 e. The monoisotopic (exact) mass is 412 g/mol. The van der Waals surface area contributed by atoms with Crippen LogP contribution in [0.25, 0.3) is 0 Å². The van der Waals surface area contributed by atoms with E-state index in [4.69, 9.17) is 17.3 Å². The first-order valence-electron chi connectivity index (χ1n) is 8.44. The van der Waals surface area contributed by atoms with Gasteiger partial charge in [0, 0.05) is 10.9 Å². The SMILES string of the molecule is Cl.NCC1CCCCC1NC(=O)c1ccc(Sc2ccccc2Cl)nn1. The highest BCUT2D eigenvalue weighted by atomic mass is 35.5. The molecule has 0 bridgehead atoms. The van der Waals surface area contributed by atoms with Crippen LogP contribution in [0.4, 0.5) is 0 Å². The molecule has 1 amide bonds. The third-order valence-corrected chi connectivity index (χ3v) is 5.90. The third kappa shape index (κ3) is 5.33. The van der Waals surface area contributed by atoms with Crippen molar-refractivity contribution in [3.8, 4) is 0 Å². The zero-order valence-corrected chi connectivity index (χ0v) is 16.6. The first-order valence-corrected chi connectivity index (χ1v) is 9.64. The first-order chi connectivity index (χ1) is 12.2. The van der Waals surface area contributed by atoms with Crippen molar-refractivity contribution in [2.45, 2.75) is 41.6 Å². The van der Waals surface area contributed by atoms with Crippen molar-refractivity contribution in [3.63, 3.8) is 0 Å². The molecule has 0 saturated heterocycles. The summed E-state index contributed by atoms with van der Waals surface area (Å²) in [6.45, 7) is 0.601. The Morgan fingerprint density at radius 1 is 1.19 bits per heavy atom. The van der Waals surface area contributed by atoms with Gasteiger partial charge in [-0.15, -0.1) is 22.6 Å². The lowest BCUT2D eigenvalue weighted by Crippen LogP contribution is -2.45. The second-order valence-electron chi connectivity index (χ2n) is 6.15. The van der Waals surface area contributed by atoms with Crippen LogP contribution in [0.3, 0.4) is 0 Å². The predicted octanol–water partition coefficient (Wildman–Crippen LogP) is 3.95. The second kappa shape index (κ2) is 10.1. The van der Waals surface area contributed by atoms with Gasteiger partial charge in [-0.25, -0.2) is 0 Å². The maximum atomic E-state index is 12.4. The highest BCUT2D eigenvalue weighted by Gasteiger charge is 2.26. The smallest absolute Gasteiger partial charge is 0.272 e. The number of carbonyl (C=O) groups is 1. The molecule has 26 heavy (non-hydrogen) atoms. The van der Waals surface area contributed by atoms with Gasteiger partial charge < -0.3 is 11.1 Å². The van der Waals surface area contributed by atoms with E-state index in [2.05, 4.69) is 15.5 Å². The van der Waals surface area contributed by atoms with Crippen molar-refractivity contribution in [2.75, 3.05) is 6.54 Å². The number of halogens is 2. The van der Waals surface area contributed by atoms with Crippen molar-refractivity contribution >= 4 is 41.7 Å². The van der Waals surface area contributed by atoms with E-state index in [0.717, 1.165) is 24.2 Å². The van der Waals surface area contributed by atoms with Crippen molar-refractivity contribution < 1.29 is 4.79 Å². The van der Waals surface area contributed by atoms with Crippen molar-refractivity contribution in [2.24, 2.45) is 11.7 Å². The summed E-state index contributed by atoms with van der Waals surface area (Å²) in [7, 11) is 0. The molecular weight excluding hydrogens is 391 g/mol. The van der Waals surface area contributed by atoms with E-state index in [1.165, 1.54) is 18.2 Å². The Balaban J connectivity index is 0.00000243. The van der Waals surface area contributed by atoms with Gasteiger partial charge in [-0.2, -0.15) is 0 Å². The zero-order chi connectivity index (χ0) is 17.6. The lowest BCUT2D eigenvalue weighted by atomic mass is 9.84. The van der Waals surface area contributed by atoms with Gasteiger partial charge in [0.2, 0.25) is 0 Å². The molecule has 0 aliphatic heterocycles. The molecule has 1 aliphatic rings. The molecule has 1 fully saturated rings. The highest BCUT2D eigenvalue weighted by Crippen LogP contribution is 2.31. The van der Waals surface area contributed by atoms with Crippen LogP contribution >= 0.6 is 35.8 Å². The Morgan fingerprint density at radius 3 is 2.65 bits per heavy atom. The fourth-order valence-electron chi connectivity index (χ4n) is 3.06. The van der Waals surface area contributed by atoms with E-state index in [1.54, 1.807) is 12.1 Å².